The normalized spacial score (nSPS) is 10.5. The van der Waals surface area contributed by atoms with E-state index in [-0.39, 0.29) is 38.1 Å². The maximum Gasteiger partial charge on any atom is 0.305 e. The van der Waals surface area contributed by atoms with E-state index in [0.717, 1.165) is 0 Å². The molecule has 0 aliphatic rings. The van der Waals surface area contributed by atoms with Crippen molar-refractivity contribution in [3.05, 3.63) is 0 Å². The van der Waals surface area contributed by atoms with Crippen LogP contribution in [0.15, 0.2) is 0 Å². The van der Waals surface area contributed by atoms with Crippen LogP contribution in [0.1, 0.15) is 19.8 Å². The Morgan fingerprint density at radius 2 is 1.84 bits per heavy atom. The first-order valence-corrected chi connectivity index (χ1v) is 6.50. The topological polar surface area (TPSA) is 99.1 Å². The van der Waals surface area contributed by atoms with Crippen LogP contribution in [0.3, 0.4) is 0 Å². The lowest BCUT2D eigenvalue weighted by Gasteiger charge is -2.19. The molecule has 0 aliphatic carbocycles. The SMILES string of the molecule is CCOC(=O)CCCNC(=O)CN(CCO)CCO. The van der Waals surface area contributed by atoms with E-state index < -0.39 is 0 Å². The Hall–Kier alpha value is -1.18. The third kappa shape index (κ3) is 10.4. The van der Waals surface area contributed by atoms with Gasteiger partial charge in [0.1, 0.15) is 0 Å². The summed E-state index contributed by atoms with van der Waals surface area (Å²) >= 11 is 0. The third-order valence-corrected chi connectivity index (χ3v) is 2.38. The second kappa shape index (κ2) is 11.9. The van der Waals surface area contributed by atoms with Crippen LogP contribution < -0.4 is 5.32 Å². The van der Waals surface area contributed by atoms with E-state index in [1.165, 1.54) is 0 Å². The fraction of sp³-hybridized carbons (Fsp3) is 0.833. The first-order valence-electron chi connectivity index (χ1n) is 6.50. The van der Waals surface area contributed by atoms with Crippen molar-refractivity contribution in [2.45, 2.75) is 19.8 Å². The summed E-state index contributed by atoms with van der Waals surface area (Å²) in [5, 5.41) is 20.3. The Labute approximate surface area is 113 Å². The van der Waals surface area contributed by atoms with Gasteiger partial charge in [-0.1, -0.05) is 0 Å². The largest absolute Gasteiger partial charge is 0.466 e. The predicted octanol–water partition coefficient (Wildman–Crippen LogP) is -1.27. The lowest BCUT2D eigenvalue weighted by molar-refractivity contribution is -0.143. The van der Waals surface area contributed by atoms with E-state index in [9.17, 15) is 9.59 Å². The molecule has 7 heteroatoms. The molecule has 0 atom stereocenters. The predicted molar refractivity (Wildman–Crippen MR) is 69.5 cm³/mol. The van der Waals surface area contributed by atoms with Gasteiger partial charge in [0.15, 0.2) is 0 Å². The minimum Gasteiger partial charge on any atom is -0.466 e. The highest BCUT2D eigenvalue weighted by atomic mass is 16.5. The summed E-state index contributed by atoms with van der Waals surface area (Å²) in [5.74, 6) is -0.454. The van der Waals surface area contributed by atoms with Gasteiger partial charge in [-0.2, -0.15) is 0 Å². The molecule has 19 heavy (non-hydrogen) atoms. The number of carbonyl (C=O) groups excluding carboxylic acids is 2. The fourth-order valence-electron chi connectivity index (χ4n) is 1.51. The molecule has 112 valence electrons. The highest BCUT2D eigenvalue weighted by Crippen LogP contribution is 1.92. The van der Waals surface area contributed by atoms with E-state index >= 15 is 0 Å². The summed E-state index contributed by atoms with van der Waals surface area (Å²) in [6.07, 6.45) is 0.815. The number of rotatable bonds is 11. The number of nitrogens with zero attached hydrogens (tertiary/aromatic N) is 1. The molecule has 0 heterocycles. The number of aliphatic hydroxyl groups excluding tert-OH is 2. The smallest absolute Gasteiger partial charge is 0.305 e. The summed E-state index contributed by atoms with van der Waals surface area (Å²) in [6, 6.07) is 0. The summed E-state index contributed by atoms with van der Waals surface area (Å²) in [6.45, 7) is 3.21. The molecule has 0 saturated heterocycles. The Morgan fingerprint density at radius 3 is 2.37 bits per heavy atom. The standard InChI is InChI=1S/C12H24N2O5/c1-2-19-12(18)4-3-5-13-11(17)10-14(6-8-15)7-9-16/h15-16H,2-10H2,1H3,(H,13,17). The lowest BCUT2D eigenvalue weighted by atomic mass is 10.3. The van der Waals surface area contributed by atoms with Gasteiger partial charge >= 0.3 is 5.97 Å². The average molecular weight is 276 g/mol. The van der Waals surface area contributed by atoms with E-state index in [1.807, 2.05) is 0 Å². The van der Waals surface area contributed by atoms with Crippen molar-refractivity contribution in [3.63, 3.8) is 0 Å². The second-order valence-corrected chi connectivity index (χ2v) is 3.98. The minimum atomic E-state index is -0.265. The van der Waals surface area contributed by atoms with Gasteiger partial charge in [0.05, 0.1) is 26.4 Å². The van der Waals surface area contributed by atoms with Crippen molar-refractivity contribution in [2.75, 3.05) is 46.0 Å². The third-order valence-electron chi connectivity index (χ3n) is 2.38. The molecular weight excluding hydrogens is 252 g/mol. The van der Waals surface area contributed by atoms with E-state index in [4.69, 9.17) is 14.9 Å². The summed E-state index contributed by atoms with van der Waals surface area (Å²) in [4.78, 5) is 24.2. The average Bonchev–Trinajstić information content (AvgIpc) is 2.35. The molecule has 1 amide bonds. The van der Waals surface area contributed by atoms with Crippen molar-refractivity contribution in [2.24, 2.45) is 0 Å². The Balaban J connectivity index is 3.69. The number of nitrogens with one attached hydrogen (secondary N) is 1. The molecule has 0 spiro atoms. The molecule has 0 bridgehead atoms. The molecule has 0 saturated carbocycles. The summed E-state index contributed by atoms with van der Waals surface area (Å²) in [7, 11) is 0. The van der Waals surface area contributed by atoms with Gasteiger partial charge in [0, 0.05) is 26.1 Å². The number of hydrogen-bond acceptors (Lipinski definition) is 6. The molecule has 0 fully saturated rings. The van der Waals surface area contributed by atoms with E-state index in [0.29, 0.717) is 32.7 Å². The van der Waals surface area contributed by atoms with Crippen molar-refractivity contribution in [1.29, 1.82) is 0 Å². The van der Waals surface area contributed by atoms with Crippen LogP contribution in [0.4, 0.5) is 0 Å². The van der Waals surface area contributed by atoms with Crippen LogP contribution in [0.5, 0.6) is 0 Å². The van der Waals surface area contributed by atoms with Gasteiger partial charge in [0.25, 0.3) is 0 Å². The molecular formula is C12H24N2O5. The molecule has 0 aromatic heterocycles. The van der Waals surface area contributed by atoms with Crippen LogP contribution in [-0.2, 0) is 14.3 Å². The molecule has 7 nitrogen and oxygen atoms in total. The van der Waals surface area contributed by atoms with Crippen LogP contribution in [0.25, 0.3) is 0 Å². The fourth-order valence-corrected chi connectivity index (χ4v) is 1.51. The molecule has 0 rings (SSSR count). The van der Waals surface area contributed by atoms with Gasteiger partial charge in [0.2, 0.25) is 5.91 Å². The van der Waals surface area contributed by atoms with Crippen LogP contribution in [-0.4, -0.2) is 73.0 Å². The first-order chi connectivity index (χ1) is 9.13. The number of hydrogen-bond donors (Lipinski definition) is 3. The van der Waals surface area contributed by atoms with Gasteiger partial charge in [-0.25, -0.2) is 0 Å². The van der Waals surface area contributed by atoms with Crippen LogP contribution in [0, 0.1) is 0 Å². The number of ether oxygens (including phenoxy) is 1. The van der Waals surface area contributed by atoms with Gasteiger partial charge in [-0.15, -0.1) is 0 Å². The van der Waals surface area contributed by atoms with Crippen LogP contribution in [0.2, 0.25) is 0 Å². The van der Waals surface area contributed by atoms with Crippen molar-refractivity contribution < 1.29 is 24.5 Å². The number of esters is 1. The van der Waals surface area contributed by atoms with Gasteiger partial charge < -0.3 is 20.3 Å². The highest BCUT2D eigenvalue weighted by Gasteiger charge is 2.09. The maximum atomic E-state index is 11.5. The van der Waals surface area contributed by atoms with Gasteiger partial charge in [-0.05, 0) is 13.3 Å². The monoisotopic (exact) mass is 276 g/mol. The summed E-state index contributed by atoms with van der Waals surface area (Å²) < 4.78 is 4.76. The summed E-state index contributed by atoms with van der Waals surface area (Å²) in [5.41, 5.74) is 0. The quantitative estimate of drug-likeness (QED) is 0.321. The zero-order valence-corrected chi connectivity index (χ0v) is 11.4. The second-order valence-electron chi connectivity index (χ2n) is 3.98. The molecule has 0 aromatic carbocycles. The van der Waals surface area contributed by atoms with Crippen LogP contribution >= 0.6 is 0 Å². The Kier molecular flexibility index (Phi) is 11.1. The highest BCUT2D eigenvalue weighted by molar-refractivity contribution is 5.78. The number of carbonyl (C=O) groups is 2. The zero-order chi connectivity index (χ0) is 14.5. The van der Waals surface area contributed by atoms with Gasteiger partial charge in [-0.3, -0.25) is 14.5 Å². The number of amides is 1. The lowest BCUT2D eigenvalue weighted by Crippen LogP contribution is -2.40. The molecule has 0 aliphatic heterocycles. The molecule has 0 radical (unpaired) electrons. The van der Waals surface area contributed by atoms with E-state index in [1.54, 1.807) is 11.8 Å². The molecule has 0 unspecified atom stereocenters. The van der Waals surface area contributed by atoms with Crippen molar-refractivity contribution >= 4 is 11.9 Å². The molecule has 0 aromatic rings. The Morgan fingerprint density at radius 1 is 1.21 bits per heavy atom. The first kappa shape index (κ1) is 17.8. The number of aliphatic hydroxyl groups is 2. The van der Waals surface area contributed by atoms with Crippen molar-refractivity contribution in [3.8, 4) is 0 Å². The maximum absolute atomic E-state index is 11.5. The van der Waals surface area contributed by atoms with Crippen molar-refractivity contribution in [1.82, 2.24) is 10.2 Å². The minimum absolute atomic E-state index is 0.0594. The van der Waals surface area contributed by atoms with E-state index in [2.05, 4.69) is 5.32 Å². The zero-order valence-electron chi connectivity index (χ0n) is 11.4. The Bertz CT molecular complexity index is 255. The molecule has 3 N–H and O–H groups in total.